The maximum atomic E-state index is 13.2. The number of carbonyl (C=O) groups excluding carboxylic acids is 2. The number of methoxy groups -OCH3 is 1. The normalized spacial score (nSPS) is 18.2. The zero-order valence-corrected chi connectivity index (χ0v) is 18.7. The highest BCUT2D eigenvalue weighted by molar-refractivity contribution is 5.77. The summed E-state index contributed by atoms with van der Waals surface area (Å²) >= 11 is 0. The first-order chi connectivity index (χ1) is 15.5. The Morgan fingerprint density at radius 1 is 1.22 bits per heavy atom. The third-order valence-corrected chi connectivity index (χ3v) is 6.48. The minimum Gasteiger partial charge on any atom is -0.496 e. The Balaban J connectivity index is 1.54. The number of carbonyl (C=O) groups is 2. The molecule has 0 saturated carbocycles. The summed E-state index contributed by atoms with van der Waals surface area (Å²) in [6.45, 7) is 3.05. The molecule has 1 aromatic carbocycles. The highest BCUT2D eigenvalue weighted by Crippen LogP contribution is 2.30. The lowest BCUT2D eigenvalue weighted by atomic mass is 9.99. The van der Waals surface area contributed by atoms with Gasteiger partial charge >= 0.3 is 0 Å². The van der Waals surface area contributed by atoms with Gasteiger partial charge in [-0.1, -0.05) is 18.2 Å². The predicted octanol–water partition coefficient (Wildman–Crippen LogP) is 2.37. The molecule has 1 N–H and O–H groups in total. The van der Waals surface area contributed by atoms with Crippen molar-refractivity contribution < 1.29 is 14.3 Å². The fourth-order valence-electron chi connectivity index (χ4n) is 4.69. The van der Waals surface area contributed by atoms with Crippen molar-refractivity contribution in [3.8, 4) is 5.75 Å². The molecule has 2 aliphatic rings. The van der Waals surface area contributed by atoms with E-state index in [9.17, 15) is 14.4 Å². The Bertz CT molecular complexity index is 1060. The molecular weight excluding hydrogens is 408 g/mol. The van der Waals surface area contributed by atoms with Gasteiger partial charge in [-0.3, -0.25) is 14.4 Å². The number of likely N-dealkylation sites (tertiary alicyclic amines) is 1. The highest BCUT2D eigenvalue weighted by Gasteiger charge is 2.31. The van der Waals surface area contributed by atoms with Gasteiger partial charge in [0.2, 0.25) is 11.8 Å². The van der Waals surface area contributed by atoms with Gasteiger partial charge in [-0.05, 0) is 43.7 Å². The van der Waals surface area contributed by atoms with Crippen LogP contribution in [-0.2, 0) is 29.0 Å². The highest BCUT2D eigenvalue weighted by atomic mass is 16.5. The van der Waals surface area contributed by atoms with Crippen LogP contribution in [0.4, 0.5) is 0 Å². The van der Waals surface area contributed by atoms with Crippen LogP contribution in [0.1, 0.15) is 61.3 Å². The number of hydrogen-bond acceptors (Lipinski definition) is 5. The van der Waals surface area contributed by atoms with E-state index in [4.69, 9.17) is 9.72 Å². The molecule has 32 heavy (non-hydrogen) atoms. The van der Waals surface area contributed by atoms with Crippen molar-refractivity contribution in [3.05, 3.63) is 57.3 Å². The summed E-state index contributed by atoms with van der Waals surface area (Å²) in [5.74, 6) is 1.34. The van der Waals surface area contributed by atoms with E-state index in [1.54, 1.807) is 12.0 Å². The molecule has 1 atom stereocenters. The molecular formula is C24H30N4O4. The van der Waals surface area contributed by atoms with E-state index in [-0.39, 0.29) is 23.4 Å². The van der Waals surface area contributed by atoms with Crippen LogP contribution in [0.2, 0.25) is 0 Å². The summed E-state index contributed by atoms with van der Waals surface area (Å²) in [5.41, 5.74) is 2.15. The minimum absolute atomic E-state index is 0.0231. The first kappa shape index (κ1) is 22.0. The second kappa shape index (κ2) is 9.54. The molecule has 2 aliphatic heterocycles. The summed E-state index contributed by atoms with van der Waals surface area (Å²) in [5, 5.41) is 0. The quantitative estimate of drug-likeness (QED) is 0.773. The SMILES string of the molecule is COc1ccccc1CCC(=O)N1CCCC[C@H]1c1nc2c(c(=O)[nH]1)CCN(C(C)=O)C2. The molecule has 0 aliphatic carbocycles. The molecule has 2 amide bonds. The summed E-state index contributed by atoms with van der Waals surface area (Å²) in [6.07, 6.45) is 4.13. The van der Waals surface area contributed by atoms with Crippen LogP contribution >= 0.6 is 0 Å². The topological polar surface area (TPSA) is 95.6 Å². The summed E-state index contributed by atoms with van der Waals surface area (Å²) in [4.78, 5) is 49.0. The van der Waals surface area contributed by atoms with E-state index in [1.165, 1.54) is 6.92 Å². The molecule has 2 aromatic rings. The fraction of sp³-hybridized carbons (Fsp3) is 0.500. The van der Waals surface area contributed by atoms with Gasteiger partial charge in [-0.15, -0.1) is 0 Å². The van der Waals surface area contributed by atoms with Crippen molar-refractivity contribution in [1.29, 1.82) is 0 Å². The number of ether oxygens (including phenoxy) is 1. The molecule has 1 fully saturated rings. The Labute approximate surface area is 187 Å². The minimum atomic E-state index is -0.250. The van der Waals surface area contributed by atoms with Gasteiger partial charge in [0.25, 0.3) is 5.56 Å². The fourth-order valence-corrected chi connectivity index (χ4v) is 4.69. The van der Waals surface area contributed by atoms with Crippen LogP contribution in [0.3, 0.4) is 0 Å². The van der Waals surface area contributed by atoms with Crippen molar-refractivity contribution in [2.45, 2.75) is 58.0 Å². The number of rotatable bonds is 5. The number of H-pyrrole nitrogens is 1. The molecule has 4 rings (SSSR count). The summed E-state index contributed by atoms with van der Waals surface area (Å²) < 4.78 is 5.40. The van der Waals surface area contributed by atoms with Crippen LogP contribution in [0.25, 0.3) is 0 Å². The zero-order chi connectivity index (χ0) is 22.7. The predicted molar refractivity (Wildman–Crippen MR) is 119 cm³/mol. The number of piperidine rings is 1. The second-order valence-corrected chi connectivity index (χ2v) is 8.48. The Hall–Kier alpha value is -3.16. The largest absolute Gasteiger partial charge is 0.496 e. The lowest BCUT2D eigenvalue weighted by Gasteiger charge is -2.36. The Morgan fingerprint density at radius 2 is 2.03 bits per heavy atom. The van der Waals surface area contributed by atoms with Gasteiger partial charge in [-0.2, -0.15) is 0 Å². The number of nitrogens with zero attached hydrogens (tertiary/aromatic N) is 3. The van der Waals surface area contributed by atoms with Gasteiger partial charge in [0, 0.05) is 32.0 Å². The van der Waals surface area contributed by atoms with Crippen molar-refractivity contribution in [2.24, 2.45) is 0 Å². The molecule has 1 saturated heterocycles. The van der Waals surface area contributed by atoms with E-state index >= 15 is 0 Å². The maximum Gasteiger partial charge on any atom is 0.254 e. The number of aromatic amines is 1. The van der Waals surface area contributed by atoms with Crippen molar-refractivity contribution in [1.82, 2.24) is 19.8 Å². The van der Waals surface area contributed by atoms with E-state index < -0.39 is 0 Å². The molecule has 0 unspecified atom stereocenters. The molecule has 1 aromatic heterocycles. The summed E-state index contributed by atoms with van der Waals surface area (Å²) in [6, 6.07) is 7.48. The number of aromatic nitrogens is 2. The number of nitrogens with one attached hydrogen (secondary N) is 1. The average molecular weight is 439 g/mol. The molecule has 0 radical (unpaired) electrons. The smallest absolute Gasteiger partial charge is 0.254 e. The average Bonchev–Trinajstić information content (AvgIpc) is 2.82. The van der Waals surface area contributed by atoms with Gasteiger partial charge in [0.1, 0.15) is 11.6 Å². The van der Waals surface area contributed by atoms with Gasteiger partial charge < -0.3 is 19.5 Å². The van der Waals surface area contributed by atoms with Gasteiger partial charge in [0.15, 0.2) is 0 Å². The van der Waals surface area contributed by atoms with Gasteiger partial charge in [-0.25, -0.2) is 4.98 Å². The van der Waals surface area contributed by atoms with Crippen molar-refractivity contribution >= 4 is 11.8 Å². The lowest BCUT2D eigenvalue weighted by molar-refractivity contribution is -0.135. The van der Waals surface area contributed by atoms with Crippen molar-refractivity contribution in [2.75, 3.05) is 20.2 Å². The second-order valence-electron chi connectivity index (χ2n) is 8.48. The number of amides is 2. The maximum absolute atomic E-state index is 13.2. The molecule has 0 bridgehead atoms. The summed E-state index contributed by atoms with van der Waals surface area (Å²) in [7, 11) is 1.63. The third-order valence-electron chi connectivity index (χ3n) is 6.48. The molecule has 8 nitrogen and oxygen atoms in total. The zero-order valence-electron chi connectivity index (χ0n) is 18.7. The van der Waals surface area contributed by atoms with E-state index in [0.29, 0.717) is 56.0 Å². The third kappa shape index (κ3) is 4.54. The van der Waals surface area contributed by atoms with E-state index in [1.807, 2.05) is 29.2 Å². The van der Waals surface area contributed by atoms with E-state index in [0.717, 1.165) is 30.6 Å². The first-order valence-corrected chi connectivity index (χ1v) is 11.3. The van der Waals surface area contributed by atoms with Crippen LogP contribution < -0.4 is 10.3 Å². The number of hydrogen-bond donors (Lipinski definition) is 1. The monoisotopic (exact) mass is 438 g/mol. The number of benzene rings is 1. The number of para-hydroxylation sites is 1. The lowest BCUT2D eigenvalue weighted by Crippen LogP contribution is -2.42. The molecule has 170 valence electrons. The Morgan fingerprint density at radius 3 is 2.81 bits per heavy atom. The standard InChI is InChI=1S/C24H30N4O4/c1-16(29)27-14-12-18-19(15-27)25-23(26-24(18)31)20-8-5-6-13-28(20)22(30)11-10-17-7-3-4-9-21(17)32-2/h3-4,7,9,20H,5-6,8,10-15H2,1-2H3,(H,25,26,31)/t20-/m0/s1. The molecule has 0 spiro atoms. The molecule has 3 heterocycles. The Kier molecular flexibility index (Phi) is 6.58. The molecule has 8 heteroatoms. The van der Waals surface area contributed by atoms with E-state index in [2.05, 4.69) is 4.98 Å². The first-order valence-electron chi connectivity index (χ1n) is 11.3. The van der Waals surface area contributed by atoms with Crippen LogP contribution in [-0.4, -0.2) is 51.8 Å². The van der Waals surface area contributed by atoms with Gasteiger partial charge in [0.05, 0.1) is 25.4 Å². The van der Waals surface area contributed by atoms with Crippen LogP contribution in [0.15, 0.2) is 29.1 Å². The number of aryl methyl sites for hydroxylation is 1. The van der Waals surface area contributed by atoms with Crippen molar-refractivity contribution in [3.63, 3.8) is 0 Å². The van der Waals surface area contributed by atoms with Crippen LogP contribution in [0.5, 0.6) is 5.75 Å². The number of fused-ring (bicyclic) bond motifs is 1. The van der Waals surface area contributed by atoms with Crippen LogP contribution in [0, 0.1) is 0 Å².